The Morgan fingerprint density at radius 3 is 2.35 bits per heavy atom. The lowest BCUT2D eigenvalue weighted by atomic mass is 10.2. The first-order chi connectivity index (χ1) is 8.20. The molecular formula is C16H23N. The van der Waals surface area contributed by atoms with Crippen LogP contribution < -0.4 is 0 Å². The SMILES string of the molecule is C=C(/C=C\C)/C=C/CCC.Cc1ccncc1. The highest BCUT2D eigenvalue weighted by atomic mass is 14.6. The number of aromatic nitrogens is 1. The predicted molar refractivity (Wildman–Crippen MR) is 77.0 cm³/mol. The van der Waals surface area contributed by atoms with E-state index < -0.39 is 0 Å². The zero-order valence-corrected chi connectivity index (χ0v) is 11.2. The minimum absolute atomic E-state index is 1.08. The van der Waals surface area contributed by atoms with Gasteiger partial charge in [0.2, 0.25) is 0 Å². The van der Waals surface area contributed by atoms with Crippen LogP contribution in [0, 0.1) is 6.92 Å². The van der Waals surface area contributed by atoms with Crippen molar-refractivity contribution in [2.24, 2.45) is 0 Å². The predicted octanol–water partition coefficient (Wildman–Crippen LogP) is 4.87. The lowest BCUT2D eigenvalue weighted by Gasteiger charge is -1.87. The minimum atomic E-state index is 1.08. The van der Waals surface area contributed by atoms with E-state index in [2.05, 4.69) is 30.6 Å². The molecule has 1 heterocycles. The average Bonchev–Trinajstić information content (AvgIpc) is 2.31. The molecule has 0 aliphatic rings. The Kier molecular flexibility index (Phi) is 9.83. The van der Waals surface area contributed by atoms with Crippen LogP contribution in [0.4, 0.5) is 0 Å². The molecule has 1 heteroatoms. The van der Waals surface area contributed by atoms with Crippen LogP contribution in [0.15, 0.2) is 61.0 Å². The van der Waals surface area contributed by atoms with Crippen molar-refractivity contribution >= 4 is 0 Å². The molecule has 0 unspecified atom stereocenters. The van der Waals surface area contributed by atoms with Crippen LogP contribution in [0.25, 0.3) is 0 Å². The van der Waals surface area contributed by atoms with Crippen molar-refractivity contribution in [3.8, 4) is 0 Å². The van der Waals surface area contributed by atoms with E-state index in [1.807, 2.05) is 38.1 Å². The summed E-state index contributed by atoms with van der Waals surface area (Å²) in [6, 6.07) is 3.94. The molecule has 0 saturated heterocycles. The van der Waals surface area contributed by atoms with Crippen molar-refractivity contribution < 1.29 is 0 Å². The number of rotatable bonds is 4. The van der Waals surface area contributed by atoms with Gasteiger partial charge in [-0.05, 0) is 43.5 Å². The quantitative estimate of drug-likeness (QED) is 0.671. The Morgan fingerprint density at radius 2 is 1.94 bits per heavy atom. The van der Waals surface area contributed by atoms with Crippen LogP contribution in [-0.4, -0.2) is 4.98 Å². The van der Waals surface area contributed by atoms with Gasteiger partial charge in [0.25, 0.3) is 0 Å². The summed E-state index contributed by atoms with van der Waals surface area (Å²) in [4.78, 5) is 3.85. The van der Waals surface area contributed by atoms with Gasteiger partial charge in [-0.15, -0.1) is 0 Å². The number of allylic oxidation sites excluding steroid dienone is 5. The van der Waals surface area contributed by atoms with E-state index in [0.29, 0.717) is 0 Å². The highest BCUT2D eigenvalue weighted by Gasteiger charge is 1.76. The summed E-state index contributed by atoms with van der Waals surface area (Å²) in [5.74, 6) is 0. The van der Waals surface area contributed by atoms with E-state index in [1.165, 1.54) is 12.0 Å². The summed E-state index contributed by atoms with van der Waals surface area (Å²) in [7, 11) is 0. The number of pyridine rings is 1. The average molecular weight is 229 g/mol. The molecule has 0 saturated carbocycles. The van der Waals surface area contributed by atoms with Gasteiger partial charge in [0.15, 0.2) is 0 Å². The molecule has 0 amide bonds. The van der Waals surface area contributed by atoms with Crippen molar-refractivity contribution in [1.82, 2.24) is 4.98 Å². The van der Waals surface area contributed by atoms with Crippen molar-refractivity contribution in [2.75, 3.05) is 0 Å². The Hall–Kier alpha value is -1.63. The normalized spacial score (nSPS) is 10.3. The molecule has 0 aromatic carbocycles. The summed E-state index contributed by atoms with van der Waals surface area (Å²) in [6.07, 6.45) is 14.2. The second-order valence-corrected chi connectivity index (χ2v) is 3.79. The lowest BCUT2D eigenvalue weighted by Crippen LogP contribution is -1.68. The van der Waals surface area contributed by atoms with E-state index in [1.54, 1.807) is 12.4 Å². The largest absolute Gasteiger partial charge is 0.265 e. The smallest absolute Gasteiger partial charge is 0.0270 e. The third-order valence-corrected chi connectivity index (χ3v) is 2.01. The molecule has 0 bridgehead atoms. The Bertz CT molecular complexity index is 347. The monoisotopic (exact) mass is 229 g/mol. The van der Waals surface area contributed by atoms with Gasteiger partial charge in [0, 0.05) is 12.4 Å². The van der Waals surface area contributed by atoms with Crippen LogP contribution in [-0.2, 0) is 0 Å². The van der Waals surface area contributed by atoms with Gasteiger partial charge in [0.1, 0.15) is 0 Å². The Balaban J connectivity index is 0.000000318. The molecule has 0 aliphatic heterocycles. The molecular weight excluding hydrogens is 206 g/mol. The zero-order chi connectivity index (χ0) is 12.9. The molecule has 1 aromatic rings. The van der Waals surface area contributed by atoms with Gasteiger partial charge in [-0.2, -0.15) is 0 Å². The Labute approximate surface area is 106 Å². The summed E-state index contributed by atoms with van der Waals surface area (Å²) in [5, 5.41) is 0. The maximum Gasteiger partial charge on any atom is 0.0270 e. The summed E-state index contributed by atoms with van der Waals surface area (Å²) >= 11 is 0. The van der Waals surface area contributed by atoms with Crippen molar-refractivity contribution in [1.29, 1.82) is 0 Å². The van der Waals surface area contributed by atoms with E-state index in [-0.39, 0.29) is 0 Å². The third-order valence-electron chi connectivity index (χ3n) is 2.01. The van der Waals surface area contributed by atoms with Crippen molar-refractivity contribution in [3.05, 3.63) is 66.5 Å². The van der Waals surface area contributed by atoms with Gasteiger partial charge in [-0.25, -0.2) is 0 Å². The third kappa shape index (κ3) is 10.6. The molecule has 92 valence electrons. The van der Waals surface area contributed by atoms with Gasteiger partial charge in [-0.1, -0.05) is 44.2 Å². The van der Waals surface area contributed by atoms with Crippen LogP contribution in [0.2, 0.25) is 0 Å². The standard InChI is InChI=1S/C10H16.C6H7N/c1-4-6-7-9-10(3)8-5-2;1-6-2-4-7-5-3-6/h5,7-9H,3-4,6H2,1-2H3;2-5H,1H3/b8-5-,9-7+;. The van der Waals surface area contributed by atoms with Crippen LogP contribution >= 0.6 is 0 Å². The number of unbranched alkanes of at least 4 members (excludes halogenated alkanes) is 1. The van der Waals surface area contributed by atoms with Crippen molar-refractivity contribution in [3.63, 3.8) is 0 Å². The van der Waals surface area contributed by atoms with Gasteiger partial charge >= 0.3 is 0 Å². The number of hydrogen-bond acceptors (Lipinski definition) is 1. The maximum absolute atomic E-state index is 3.85. The van der Waals surface area contributed by atoms with Gasteiger partial charge in [-0.3, -0.25) is 4.98 Å². The molecule has 0 spiro atoms. The fraction of sp³-hybridized carbons (Fsp3) is 0.312. The molecule has 0 N–H and O–H groups in total. The fourth-order valence-electron chi connectivity index (χ4n) is 1.10. The first-order valence-corrected chi connectivity index (χ1v) is 6.05. The molecule has 1 rings (SSSR count). The molecule has 1 aromatic heterocycles. The maximum atomic E-state index is 3.85. The first kappa shape index (κ1) is 15.4. The summed E-state index contributed by atoms with van der Waals surface area (Å²) < 4.78 is 0. The summed E-state index contributed by atoms with van der Waals surface area (Å²) in [5.41, 5.74) is 2.34. The fourth-order valence-corrected chi connectivity index (χ4v) is 1.10. The topological polar surface area (TPSA) is 12.9 Å². The second-order valence-electron chi connectivity index (χ2n) is 3.79. The summed E-state index contributed by atoms with van der Waals surface area (Å²) in [6.45, 7) is 10.1. The minimum Gasteiger partial charge on any atom is -0.265 e. The van der Waals surface area contributed by atoms with Crippen LogP contribution in [0.5, 0.6) is 0 Å². The van der Waals surface area contributed by atoms with Crippen LogP contribution in [0.3, 0.4) is 0 Å². The lowest BCUT2D eigenvalue weighted by molar-refractivity contribution is 0.958. The Morgan fingerprint density at radius 1 is 1.29 bits per heavy atom. The molecule has 0 atom stereocenters. The van der Waals surface area contributed by atoms with E-state index in [4.69, 9.17) is 0 Å². The zero-order valence-electron chi connectivity index (χ0n) is 11.2. The van der Waals surface area contributed by atoms with Gasteiger partial charge in [0.05, 0.1) is 0 Å². The molecule has 0 fully saturated rings. The van der Waals surface area contributed by atoms with E-state index in [0.717, 1.165) is 12.0 Å². The van der Waals surface area contributed by atoms with Crippen LogP contribution in [0.1, 0.15) is 32.3 Å². The second kappa shape index (κ2) is 10.9. The highest BCUT2D eigenvalue weighted by molar-refractivity contribution is 5.26. The molecule has 17 heavy (non-hydrogen) atoms. The molecule has 1 nitrogen and oxygen atoms in total. The number of hydrogen-bond donors (Lipinski definition) is 0. The van der Waals surface area contributed by atoms with E-state index in [9.17, 15) is 0 Å². The highest BCUT2D eigenvalue weighted by Crippen LogP contribution is 1.97. The first-order valence-electron chi connectivity index (χ1n) is 6.05. The van der Waals surface area contributed by atoms with Gasteiger partial charge < -0.3 is 0 Å². The number of nitrogens with zero attached hydrogens (tertiary/aromatic N) is 1. The van der Waals surface area contributed by atoms with E-state index >= 15 is 0 Å². The number of aryl methyl sites for hydroxylation is 1. The molecule has 0 aliphatic carbocycles. The molecule has 0 radical (unpaired) electrons. The van der Waals surface area contributed by atoms with Crippen molar-refractivity contribution in [2.45, 2.75) is 33.6 Å².